The highest BCUT2D eigenvalue weighted by Crippen LogP contribution is 2.38. The van der Waals surface area contributed by atoms with Gasteiger partial charge >= 0.3 is 6.09 Å². The summed E-state index contributed by atoms with van der Waals surface area (Å²) >= 11 is 0. The number of nitrogens with zero attached hydrogens (tertiary/aromatic N) is 2. The highest BCUT2D eigenvalue weighted by molar-refractivity contribution is 5.66. The van der Waals surface area contributed by atoms with Gasteiger partial charge in [0, 0.05) is 30.9 Å². The van der Waals surface area contributed by atoms with Crippen LogP contribution < -0.4 is 4.90 Å². The summed E-state index contributed by atoms with van der Waals surface area (Å²) in [5.41, 5.74) is 1.22. The minimum Gasteiger partial charge on any atom is -0.465 e. The smallest absolute Gasteiger partial charge is 0.407 e. The van der Waals surface area contributed by atoms with Crippen molar-refractivity contribution in [3.8, 4) is 0 Å². The van der Waals surface area contributed by atoms with Crippen LogP contribution in [0.15, 0.2) is 30.3 Å². The molecule has 4 nitrogen and oxygen atoms in total. The Morgan fingerprint density at radius 3 is 2.32 bits per heavy atom. The molecule has 1 aromatic rings. The van der Waals surface area contributed by atoms with Gasteiger partial charge in [-0.25, -0.2) is 4.79 Å². The van der Waals surface area contributed by atoms with Crippen molar-refractivity contribution in [1.82, 2.24) is 4.90 Å². The molecule has 2 aliphatic rings. The lowest BCUT2D eigenvalue weighted by atomic mass is 9.96. The van der Waals surface area contributed by atoms with Crippen LogP contribution in [-0.2, 0) is 0 Å². The monoisotopic (exact) mass is 260 g/mol. The Morgan fingerprint density at radius 2 is 1.79 bits per heavy atom. The fourth-order valence-electron chi connectivity index (χ4n) is 3.65. The Balaban J connectivity index is 1.74. The lowest BCUT2D eigenvalue weighted by Gasteiger charge is -2.41. The maximum atomic E-state index is 11.3. The number of para-hydroxylation sites is 1. The molecule has 2 heterocycles. The van der Waals surface area contributed by atoms with E-state index in [-0.39, 0.29) is 12.1 Å². The molecule has 0 radical (unpaired) electrons. The van der Waals surface area contributed by atoms with Crippen LogP contribution in [-0.4, -0.2) is 41.3 Å². The minimum atomic E-state index is -0.742. The number of anilines is 1. The molecule has 0 unspecified atom stereocenters. The molecule has 2 fully saturated rings. The van der Waals surface area contributed by atoms with Gasteiger partial charge in [-0.15, -0.1) is 0 Å². The van der Waals surface area contributed by atoms with Crippen molar-refractivity contribution in [2.45, 2.75) is 43.8 Å². The molecule has 3 rings (SSSR count). The molecule has 19 heavy (non-hydrogen) atoms. The number of hydrogen-bond acceptors (Lipinski definition) is 2. The van der Waals surface area contributed by atoms with Gasteiger partial charge in [0.25, 0.3) is 0 Å². The molecule has 2 bridgehead atoms. The molecule has 1 N–H and O–H groups in total. The van der Waals surface area contributed by atoms with Crippen molar-refractivity contribution >= 4 is 11.8 Å². The van der Waals surface area contributed by atoms with E-state index < -0.39 is 6.09 Å². The Morgan fingerprint density at radius 1 is 1.21 bits per heavy atom. The quantitative estimate of drug-likeness (QED) is 0.889. The summed E-state index contributed by atoms with van der Waals surface area (Å²) in [5.74, 6) is 0. The van der Waals surface area contributed by atoms with E-state index in [0.717, 1.165) is 25.7 Å². The van der Waals surface area contributed by atoms with Gasteiger partial charge in [-0.1, -0.05) is 18.2 Å². The first-order valence-corrected chi connectivity index (χ1v) is 6.96. The van der Waals surface area contributed by atoms with Crippen molar-refractivity contribution in [2.24, 2.45) is 0 Å². The molecule has 3 atom stereocenters. The third-order valence-corrected chi connectivity index (χ3v) is 4.64. The van der Waals surface area contributed by atoms with E-state index in [1.54, 1.807) is 4.90 Å². The maximum absolute atomic E-state index is 11.3. The lowest BCUT2D eigenvalue weighted by Crippen LogP contribution is -2.51. The summed E-state index contributed by atoms with van der Waals surface area (Å²) in [6.45, 7) is 0. The second-order valence-corrected chi connectivity index (χ2v) is 5.65. The second kappa shape index (κ2) is 4.76. The zero-order valence-electron chi connectivity index (χ0n) is 11.2. The highest BCUT2D eigenvalue weighted by atomic mass is 16.4. The fourth-order valence-corrected chi connectivity index (χ4v) is 3.65. The predicted octanol–water partition coefficient (Wildman–Crippen LogP) is 2.80. The van der Waals surface area contributed by atoms with Crippen LogP contribution in [0.1, 0.15) is 25.7 Å². The highest BCUT2D eigenvalue weighted by Gasteiger charge is 2.44. The minimum absolute atomic E-state index is 0.215. The topological polar surface area (TPSA) is 43.8 Å². The predicted molar refractivity (Wildman–Crippen MR) is 74.5 cm³/mol. The molecule has 102 valence electrons. The van der Waals surface area contributed by atoms with Crippen molar-refractivity contribution in [1.29, 1.82) is 0 Å². The van der Waals surface area contributed by atoms with E-state index in [9.17, 15) is 9.90 Å². The zero-order chi connectivity index (χ0) is 13.4. The molecule has 1 aromatic carbocycles. The Labute approximate surface area is 113 Å². The molecular formula is C15H20N2O2. The van der Waals surface area contributed by atoms with Crippen LogP contribution in [0.2, 0.25) is 0 Å². The average molecular weight is 260 g/mol. The van der Waals surface area contributed by atoms with Gasteiger partial charge in [0.15, 0.2) is 0 Å². The van der Waals surface area contributed by atoms with Crippen LogP contribution in [0, 0.1) is 0 Å². The molecule has 2 aliphatic heterocycles. The molecule has 0 aliphatic carbocycles. The summed E-state index contributed by atoms with van der Waals surface area (Å²) in [6.07, 6.45) is 3.21. The number of rotatable bonds is 2. The van der Waals surface area contributed by atoms with Gasteiger partial charge in [0.2, 0.25) is 0 Å². The first-order valence-electron chi connectivity index (χ1n) is 6.96. The molecule has 0 saturated carbocycles. The summed E-state index contributed by atoms with van der Waals surface area (Å²) in [6, 6.07) is 11.2. The fraction of sp³-hybridized carbons (Fsp3) is 0.533. The number of carbonyl (C=O) groups is 1. The number of amides is 1. The van der Waals surface area contributed by atoms with Crippen molar-refractivity contribution in [2.75, 3.05) is 11.9 Å². The van der Waals surface area contributed by atoms with E-state index >= 15 is 0 Å². The summed E-state index contributed by atoms with van der Waals surface area (Å²) < 4.78 is 0. The SMILES string of the molecule is CN(c1ccccc1)[C@H]1C[C@H]2CC[C@@H](C1)N2C(=O)O. The van der Waals surface area contributed by atoms with E-state index in [0.29, 0.717) is 6.04 Å². The average Bonchev–Trinajstić information content (AvgIpc) is 2.70. The lowest BCUT2D eigenvalue weighted by molar-refractivity contribution is 0.0966. The third-order valence-electron chi connectivity index (χ3n) is 4.64. The summed E-state index contributed by atoms with van der Waals surface area (Å²) in [5, 5.41) is 9.27. The van der Waals surface area contributed by atoms with E-state index in [2.05, 4.69) is 24.1 Å². The van der Waals surface area contributed by atoms with E-state index in [4.69, 9.17) is 0 Å². The number of piperidine rings is 1. The first-order chi connectivity index (χ1) is 9.16. The molecule has 4 heteroatoms. The van der Waals surface area contributed by atoms with Crippen LogP contribution >= 0.6 is 0 Å². The van der Waals surface area contributed by atoms with Crippen LogP contribution in [0.25, 0.3) is 0 Å². The molecule has 2 saturated heterocycles. The van der Waals surface area contributed by atoms with E-state index in [1.165, 1.54) is 5.69 Å². The first kappa shape index (κ1) is 12.3. The van der Waals surface area contributed by atoms with Crippen molar-refractivity contribution in [3.63, 3.8) is 0 Å². The van der Waals surface area contributed by atoms with E-state index in [1.807, 2.05) is 18.2 Å². The molecule has 0 spiro atoms. The van der Waals surface area contributed by atoms with Gasteiger partial charge in [0.1, 0.15) is 0 Å². The number of carboxylic acid groups (broad SMARTS) is 1. The van der Waals surface area contributed by atoms with Gasteiger partial charge in [0.05, 0.1) is 0 Å². The van der Waals surface area contributed by atoms with Crippen molar-refractivity contribution in [3.05, 3.63) is 30.3 Å². The number of benzene rings is 1. The second-order valence-electron chi connectivity index (χ2n) is 5.65. The Bertz CT molecular complexity index is 448. The third kappa shape index (κ3) is 2.15. The van der Waals surface area contributed by atoms with Crippen LogP contribution in [0.3, 0.4) is 0 Å². The Kier molecular flexibility index (Phi) is 3.09. The molecule has 1 amide bonds. The van der Waals surface area contributed by atoms with Crippen LogP contribution in [0.5, 0.6) is 0 Å². The van der Waals surface area contributed by atoms with Gasteiger partial charge in [-0.3, -0.25) is 0 Å². The normalized spacial score (nSPS) is 29.3. The van der Waals surface area contributed by atoms with Crippen molar-refractivity contribution < 1.29 is 9.90 Å². The standard InChI is InChI=1S/C15H20N2O2/c1-16(11-5-3-2-4-6-11)14-9-12-7-8-13(10-14)17(12)15(18)19/h2-6,12-14H,7-10H2,1H3,(H,18,19)/t12-,13+,14+. The molecule has 0 aromatic heterocycles. The van der Waals surface area contributed by atoms with Gasteiger partial charge in [-0.05, 0) is 37.8 Å². The largest absolute Gasteiger partial charge is 0.465 e. The molecular weight excluding hydrogens is 240 g/mol. The summed E-state index contributed by atoms with van der Waals surface area (Å²) in [7, 11) is 2.12. The van der Waals surface area contributed by atoms with Gasteiger partial charge in [-0.2, -0.15) is 0 Å². The maximum Gasteiger partial charge on any atom is 0.407 e. The number of hydrogen-bond donors (Lipinski definition) is 1. The van der Waals surface area contributed by atoms with Gasteiger partial charge < -0.3 is 14.9 Å². The Hall–Kier alpha value is -1.71. The number of fused-ring (bicyclic) bond motifs is 2. The zero-order valence-corrected chi connectivity index (χ0v) is 11.2. The van der Waals surface area contributed by atoms with Crippen LogP contribution in [0.4, 0.5) is 10.5 Å². The summed E-state index contributed by atoms with van der Waals surface area (Å²) in [4.78, 5) is 15.3.